The van der Waals surface area contributed by atoms with Crippen LogP contribution in [0.25, 0.3) is 0 Å². The number of ether oxygens (including phenoxy) is 1. The summed E-state index contributed by atoms with van der Waals surface area (Å²) in [5.41, 5.74) is 9.31. The molecule has 1 aliphatic heterocycles. The summed E-state index contributed by atoms with van der Waals surface area (Å²) in [6.07, 6.45) is -3.60. The molecule has 0 bridgehead atoms. The first-order chi connectivity index (χ1) is 28.9. The van der Waals surface area contributed by atoms with Crippen LogP contribution in [-0.2, 0) is 17.6 Å². The maximum atomic E-state index is 10.6. The Morgan fingerprint density at radius 3 is 2.03 bits per heavy atom. The molecule has 19 heteroatoms. The molecule has 7 N–H and O–H groups in total. The number of aromatic nitrogens is 6. The highest BCUT2D eigenvalue weighted by Gasteiger charge is 2.38. The Labute approximate surface area is 343 Å². The molecule has 3 heterocycles. The summed E-state index contributed by atoms with van der Waals surface area (Å²) < 4.78 is 37.7. The largest absolute Gasteiger partial charge is 0.508 e. The van der Waals surface area contributed by atoms with E-state index in [1.807, 2.05) is 91.9 Å². The first kappa shape index (κ1) is 42.2. The molecule has 6 aromatic rings. The van der Waals surface area contributed by atoms with Crippen molar-refractivity contribution in [3.63, 3.8) is 0 Å². The fraction of sp³-hybridized carbons (Fsp3) is 0.244. The molecule has 1 aliphatic rings. The predicted octanol–water partition coefficient (Wildman–Crippen LogP) is 6.54. The van der Waals surface area contributed by atoms with Gasteiger partial charge in [-0.25, -0.2) is 4.79 Å². The van der Waals surface area contributed by atoms with Crippen molar-refractivity contribution in [1.29, 1.82) is 0 Å². The lowest BCUT2D eigenvalue weighted by Crippen LogP contribution is -2.55. The number of nitrogens with two attached hydrogens (primary N) is 1. The second-order valence-electron chi connectivity index (χ2n) is 13.3. The highest BCUT2D eigenvalue weighted by Crippen LogP contribution is 2.27. The zero-order chi connectivity index (χ0) is 42.5. The van der Waals surface area contributed by atoms with Crippen molar-refractivity contribution in [2.24, 2.45) is 0 Å². The Kier molecular flexibility index (Phi) is 13.9. The third-order valence-corrected chi connectivity index (χ3v) is 8.90. The Morgan fingerprint density at radius 1 is 0.767 bits per heavy atom. The monoisotopic (exact) mass is 824 g/mol. The lowest BCUT2D eigenvalue weighted by molar-refractivity contribution is -0.192. The molecule has 0 saturated carbocycles. The molecule has 7 rings (SSSR count). The van der Waals surface area contributed by atoms with Gasteiger partial charge in [-0.1, -0.05) is 60.7 Å². The number of aromatic hydroxyl groups is 1. The number of para-hydroxylation sites is 1. The Morgan fingerprint density at radius 2 is 1.38 bits per heavy atom. The van der Waals surface area contributed by atoms with Gasteiger partial charge in [0.25, 0.3) is 0 Å². The molecule has 1 saturated heterocycles. The van der Waals surface area contributed by atoms with E-state index in [4.69, 9.17) is 35.3 Å². The van der Waals surface area contributed by atoms with Gasteiger partial charge in [-0.15, -0.1) is 0 Å². The maximum Gasteiger partial charge on any atom is 0.490 e. The number of carboxylic acids is 1. The molecule has 0 radical (unpaired) electrons. The number of nitrogens with zero attached hydrogens (tertiary/aromatic N) is 8. The number of nitrogen functional groups attached to an aromatic ring is 1. The van der Waals surface area contributed by atoms with E-state index in [0.29, 0.717) is 68.2 Å². The first-order valence-electron chi connectivity index (χ1n) is 18.9. The molecular weight excluding hydrogens is 782 g/mol. The van der Waals surface area contributed by atoms with Crippen molar-refractivity contribution in [2.75, 3.05) is 64.2 Å². The van der Waals surface area contributed by atoms with Crippen LogP contribution in [0.5, 0.6) is 17.2 Å². The van der Waals surface area contributed by atoms with Crippen LogP contribution in [0.2, 0.25) is 0 Å². The summed E-state index contributed by atoms with van der Waals surface area (Å²) in [7, 11) is 0. The van der Waals surface area contributed by atoms with Crippen LogP contribution in [0.4, 0.5) is 54.5 Å². The number of piperazine rings is 1. The van der Waals surface area contributed by atoms with E-state index in [-0.39, 0.29) is 17.7 Å². The van der Waals surface area contributed by atoms with Crippen molar-refractivity contribution >= 4 is 47.3 Å². The quantitative estimate of drug-likeness (QED) is 0.0688. The van der Waals surface area contributed by atoms with E-state index in [9.17, 15) is 18.3 Å². The molecule has 1 fully saturated rings. The van der Waals surface area contributed by atoms with Crippen LogP contribution in [0, 0.1) is 0 Å². The fourth-order valence-electron chi connectivity index (χ4n) is 6.09. The Hall–Kier alpha value is -7.44. The topological polar surface area (TPSA) is 213 Å². The van der Waals surface area contributed by atoms with E-state index < -0.39 is 12.1 Å². The maximum absolute atomic E-state index is 10.6. The number of alkyl halides is 3. The minimum atomic E-state index is -5.08. The number of carboxylic acid groups (broad SMARTS) is 1. The van der Waals surface area contributed by atoms with Crippen molar-refractivity contribution in [3.05, 3.63) is 120 Å². The van der Waals surface area contributed by atoms with E-state index in [0.717, 1.165) is 29.8 Å². The van der Waals surface area contributed by atoms with Gasteiger partial charge in [0.05, 0.1) is 6.04 Å². The number of hydrogen-bond donors (Lipinski definition) is 6. The van der Waals surface area contributed by atoms with Gasteiger partial charge in [-0.3, -0.25) is 0 Å². The summed E-state index contributed by atoms with van der Waals surface area (Å²) in [4.78, 5) is 41.3. The van der Waals surface area contributed by atoms with Crippen molar-refractivity contribution in [2.45, 2.75) is 32.0 Å². The number of anilines is 7. The summed E-state index contributed by atoms with van der Waals surface area (Å²) in [6, 6.07) is 34.8. The molecule has 1 unspecified atom stereocenters. The van der Waals surface area contributed by atoms with Gasteiger partial charge in [0.2, 0.25) is 35.7 Å². The van der Waals surface area contributed by atoms with Crippen LogP contribution in [0.15, 0.2) is 109 Å². The number of carbonyl (C=O) groups is 1. The molecule has 0 aliphatic carbocycles. The SMILES string of the molecule is CCNc1nc(NCCc2ccc(O)cc2)nc(N2CCN(c3nc(N)nc(Nc4ccc(Oc5ccccc5)cc4)n3)CC2Cc2ccccc2)n1.O=C(O)C(F)(F)F. The average molecular weight is 825 g/mol. The summed E-state index contributed by atoms with van der Waals surface area (Å²) >= 11 is 0. The molecule has 60 heavy (non-hydrogen) atoms. The number of phenols is 1. The fourth-order valence-corrected chi connectivity index (χ4v) is 6.09. The molecule has 16 nitrogen and oxygen atoms in total. The molecular formula is C41H43F3N12O4. The van der Waals surface area contributed by atoms with Gasteiger partial charge in [0.1, 0.15) is 17.2 Å². The Bertz CT molecular complexity index is 2290. The summed E-state index contributed by atoms with van der Waals surface area (Å²) in [5.74, 6) is 1.51. The molecule has 0 amide bonds. The van der Waals surface area contributed by atoms with E-state index in [2.05, 4.69) is 52.8 Å². The molecule has 0 spiro atoms. The van der Waals surface area contributed by atoms with Gasteiger partial charge in [0, 0.05) is 38.4 Å². The van der Waals surface area contributed by atoms with Crippen LogP contribution < -0.4 is 36.2 Å². The van der Waals surface area contributed by atoms with E-state index in [1.54, 1.807) is 12.1 Å². The number of phenolic OH excluding ortho intramolecular Hbond substituents is 1. The predicted molar refractivity (Wildman–Crippen MR) is 222 cm³/mol. The third-order valence-electron chi connectivity index (χ3n) is 8.90. The Balaban J connectivity index is 0.000000793. The molecule has 1 atom stereocenters. The van der Waals surface area contributed by atoms with Gasteiger partial charge in [0.15, 0.2) is 0 Å². The van der Waals surface area contributed by atoms with Crippen molar-refractivity contribution in [1.82, 2.24) is 29.9 Å². The smallest absolute Gasteiger partial charge is 0.490 e. The minimum Gasteiger partial charge on any atom is -0.508 e. The van der Waals surface area contributed by atoms with E-state index >= 15 is 0 Å². The zero-order valence-corrected chi connectivity index (χ0v) is 32.4. The van der Waals surface area contributed by atoms with Crippen LogP contribution in [-0.4, -0.2) is 91.0 Å². The second-order valence-corrected chi connectivity index (χ2v) is 13.3. The van der Waals surface area contributed by atoms with Gasteiger partial charge in [-0.2, -0.15) is 43.1 Å². The van der Waals surface area contributed by atoms with Gasteiger partial charge < -0.3 is 46.4 Å². The minimum absolute atomic E-state index is 0.0283. The second kappa shape index (κ2) is 19.8. The summed E-state index contributed by atoms with van der Waals surface area (Å²) in [6.45, 7) is 5.10. The number of hydrogen-bond acceptors (Lipinski definition) is 15. The molecule has 4 aromatic carbocycles. The highest BCUT2D eigenvalue weighted by molar-refractivity contribution is 5.73. The zero-order valence-electron chi connectivity index (χ0n) is 32.4. The third kappa shape index (κ3) is 12.3. The number of benzene rings is 4. The standard InChI is InChI=1S/C39H42N12O2.C2HF3O2/c1-2-41-35-46-36(42-22-21-27-13-17-31(52)18-14-27)48-39(47-35)51-24-23-50(26-30(51)25-28-9-5-3-6-10-28)38-45-34(40)44-37(49-38)43-29-15-19-33(20-16-29)53-32-11-7-4-8-12-32;3-2(4,5)1(6)7/h3-20,30,52H,2,21-26H2,1H3,(H3,40,43,44,45,49)(H2,41,42,46,47,48);(H,6,7). The van der Waals surface area contributed by atoms with Crippen molar-refractivity contribution < 1.29 is 32.9 Å². The van der Waals surface area contributed by atoms with Crippen LogP contribution in [0.3, 0.4) is 0 Å². The number of nitrogens with one attached hydrogen (secondary N) is 3. The lowest BCUT2D eigenvalue weighted by atomic mass is 10.0. The number of halogens is 3. The van der Waals surface area contributed by atoms with Crippen LogP contribution in [0.1, 0.15) is 18.1 Å². The van der Waals surface area contributed by atoms with Gasteiger partial charge >= 0.3 is 12.1 Å². The first-order valence-corrected chi connectivity index (χ1v) is 18.9. The normalized spacial score (nSPS) is 13.8. The number of aliphatic carboxylic acids is 1. The summed E-state index contributed by atoms with van der Waals surface area (Å²) in [5, 5.41) is 26.7. The van der Waals surface area contributed by atoms with Crippen molar-refractivity contribution in [3.8, 4) is 17.2 Å². The lowest BCUT2D eigenvalue weighted by Gasteiger charge is -2.41. The number of rotatable bonds is 14. The van der Waals surface area contributed by atoms with E-state index in [1.165, 1.54) is 5.56 Å². The highest BCUT2D eigenvalue weighted by atomic mass is 19.4. The van der Waals surface area contributed by atoms with Gasteiger partial charge in [-0.05, 0) is 79.4 Å². The molecule has 312 valence electrons. The molecule has 2 aromatic heterocycles. The average Bonchev–Trinajstić information content (AvgIpc) is 3.23. The van der Waals surface area contributed by atoms with Crippen LogP contribution >= 0.6 is 0 Å².